The molecular weight excluding hydrogens is 262 g/mol. The molecule has 0 aliphatic heterocycles. The fourth-order valence-electron chi connectivity index (χ4n) is 2.08. The van der Waals surface area contributed by atoms with Crippen molar-refractivity contribution in [1.82, 2.24) is 19.5 Å². The highest BCUT2D eigenvalue weighted by atomic mass is 15.1. The zero-order valence-electron chi connectivity index (χ0n) is 11.7. The van der Waals surface area contributed by atoms with Crippen LogP contribution >= 0.6 is 0 Å². The van der Waals surface area contributed by atoms with E-state index in [0.717, 1.165) is 30.6 Å². The first kappa shape index (κ1) is 13.3. The highest BCUT2D eigenvalue weighted by molar-refractivity contribution is 5.61. The third-order valence-electron chi connectivity index (χ3n) is 3.19. The van der Waals surface area contributed by atoms with E-state index in [-0.39, 0.29) is 0 Å². The summed E-state index contributed by atoms with van der Waals surface area (Å²) in [4.78, 5) is 12.7. The lowest BCUT2D eigenvalue weighted by atomic mass is 10.1. The van der Waals surface area contributed by atoms with Crippen LogP contribution in [-0.2, 0) is 6.54 Å². The van der Waals surface area contributed by atoms with Gasteiger partial charge >= 0.3 is 0 Å². The van der Waals surface area contributed by atoms with Crippen molar-refractivity contribution in [3.05, 3.63) is 61.4 Å². The molecule has 3 rings (SSSR count). The first-order chi connectivity index (χ1) is 10.4. The van der Waals surface area contributed by atoms with Gasteiger partial charge in [0.25, 0.3) is 0 Å². The average molecular weight is 279 g/mol. The van der Waals surface area contributed by atoms with Crippen LogP contribution in [0.4, 0.5) is 5.95 Å². The van der Waals surface area contributed by atoms with Gasteiger partial charge in [0.1, 0.15) is 0 Å². The number of hydrogen-bond donors (Lipinski definition) is 1. The molecule has 0 saturated heterocycles. The van der Waals surface area contributed by atoms with Crippen molar-refractivity contribution < 1.29 is 0 Å². The normalized spacial score (nSPS) is 10.5. The van der Waals surface area contributed by atoms with Gasteiger partial charge in [-0.1, -0.05) is 30.3 Å². The van der Waals surface area contributed by atoms with E-state index in [2.05, 4.69) is 37.0 Å². The van der Waals surface area contributed by atoms with Gasteiger partial charge in [0, 0.05) is 43.4 Å². The standard InChI is InChI=1S/C16H17N5/c1-2-5-14(6-3-1)15-11-19-16(20-12-15)18-7-4-9-21-10-8-17-13-21/h1-3,5-6,8,10-13H,4,7,9H2,(H,18,19,20). The molecule has 1 N–H and O–H groups in total. The van der Waals surface area contributed by atoms with Crippen LogP contribution in [0, 0.1) is 0 Å². The maximum atomic E-state index is 4.35. The number of nitrogens with zero attached hydrogens (tertiary/aromatic N) is 4. The van der Waals surface area contributed by atoms with Crippen molar-refractivity contribution >= 4 is 5.95 Å². The molecule has 0 bridgehead atoms. The Balaban J connectivity index is 1.50. The minimum absolute atomic E-state index is 0.667. The van der Waals surface area contributed by atoms with Gasteiger partial charge < -0.3 is 9.88 Å². The molecule has 0 amide bonds. The fraction of sp³-hybridized carbons (Fsp3) is 0.188. The lowest BCUT2D eigenvalue weighted by Crippen LogP contribution is -2.08. The van der Waals surface area contributed by atoms with Gasteiger partial charge in [0.2, 0.25) is 5.95 Å². The molecule has 0 aliphatic carbocycles. The Morgan fingerprint density at radius 2 is 1.81 bits per heavy atom. The summed E-state index contributed by atoms with van der Waals surface area (Å²) < 4.78 is 2.06. The van der Waals surface area contributed by atoms with E-state index in [1.807, 2.05) is 43.1 Å². The molecule has 0 aliphatic rings. The van der Waals surface area contributed by atoms with Crippen LogP contribution in [0.5, 0.6) is 0 Å². The summed E-state index contributed by atoms with van der Waals surface area (Å²) >= 11 is 0. The molecule has 5 nitrogen and oxygen atoms in total. The quantitative estimate of drug-likeness (QED) is 0.705. The molecule has 106 valence electrons. The van der Waals surface area contributed by atoms with Crippen LogP contribution in [0.15, 0.2) is 61.4 Å². The highest BCUT2D eigenvalue weighted by Crippen LogP contribution is 2.17. The van der Waals surface area contributed by atoms with Gasteiger partial charge in [-0.2, -0.15) is 0 Å². The molecular formula is C16H17N5. The van der Waals surface area contributed by atoms with E-state index >= 15 is 0 Å². The Morgan fingerprint density at radius 3 is 2.52 bits per heavy atom. The SMILES string of the molecule is c1ccc(-c2cnc(NCCCn3ccnc3)nc2)cc1. The molecule has 3 aromatic rings. The summed E-state index contributed by atoms with van der Waals surface area (Å²) in [5.74, 6) is 0.667. The molecule has 0 radical (unpaired) electrons. The highest BCUT2D eigenvalue weighted by Gasteiger charge is 1.99. The molecule has 5 heteroatoms. The lowest BCUT2D eigenvalue weighted by Gasteiger charge is -2.06. The van der Waals surface area contributed by atoms with Crippen LogP contribution in [0.2, 0.25) is 0 Å². The van der Waals surface area contributed by atoms with Crippen LogP contribution in [0.25, 0.3) is 11.1 Å². The van der Waals surface area contributed by atoms with Gasteiger partial charge in [-0.3, -0.25) is 0 Å². The van der Waals surface area contributed by atoms with Crippen LogP contribution < -0.4 is 5.32 Å². The summed E-state index contributed by atoms with van der Waals surface area (Å²) in [6.07, 6.45) is 10.3. The van der Waals surface area contributed by atoms with E-state index in [4.69, 9.17) is 0 Å². The fourth-order valence-corrected chi connectivity index (χ4v) is 2.08. The number of anilines is 1. The van der Waals surface area contributed by atoms with E-state index in [1.54, 1.807) is 6.20 Å². The van der Waals surface area contributed by atoms with E-state index < -0.39 is 0 Å². The smallest absolute Gasteiger partial charge is 0.222 e. The third kappa shape index (κ3) is 3.66. The van der Waals surface area contributed by atoms with E-state index in [0.29, 0.717) is 5.95 Å². The second kappa shape index (κ2) is 6.65. The Bertz CT molecular complexity index is 647. The van der Waals surface area contributed by atoms with Gasteiger partial charge in [0.15, 0.2) is 0 Å². The van der Waals surface area contributed by atoms with Crippen LogP contribution in [0.1, 0.15) is 6.42 Å². The van der Waals surface area contributed by atoms with Gasteiger partial charge in [-0.05, 0) is 12.0 Å². The van der Waals surface area contributed by atoms with Gasteiger partial charge in [0.05, 0.1) is 6.33 Å². The predicted octanol–water partition coefficient (Wildman–Crippen LogP) is 2.84. The average Bonchev–Trinajstić information content (AvgIpc) is 3.06. The zero-order chi connectivity index (χ0) is 14.3. The topological polar surface area (TPSA) is 55.6 Å². The molecule has 0 atom stereocenters. The minimum Gasteiger partial charge on any atom is -0.354 e. The first-order valence-corrected chi connectivity index (χ1v) is 6.99. The molecule has 0 spiro atoms. The lowest BCUT2D eigenvalue weighted by molar-refractivity contribution is 0.659. The van der Waals surface area contributed by atoms with E-state index in [9.17, 15) is 0 Å². The van der Waals surface area contributed by atoms with Crippen molar-refractivity contribution in [3.63, 3.8) is 0 Å². The molecule has 21 heavy (non-hydrogen) atoms. The number of aromatic nitrogens is 4. The number of rotatable bonds is 6. The summed E-state index contributed by atoms with van der Waals surface area (Å²) in [5, 5.41) is 3.23. The van der Waals surface area contributed by atoms with Gasteiger partial charge in [-0.15, -0.1) is 0 Å². The summed E-state index contributed by atoms with van der Waals surface area (Å²) in [6, 6.07) is 10.1. The molecule has 1 aromatic carbocycles. The summed E-state index contributed by atoms with van der Waals surface area (Å²) in [7, 11) is 0. The number of aryl methyl sites for hydroxylation is 1. The Morgan fingerprint density at radius 1 is 1.00 bits per heavy atom. The monoisotopic (exact) mass is 279 g/mol. The number of benzene rings is 1. The van der Waals surface area contributed by atoms with Crippen molar-refractivity contribution in [2.45, 2.75) is 13.0 Å². The predicted molar refractivity (Wildman–Crippen MR) is 82.8 cm³/mol. The Kier molecular flexibility index (Phi) is 4.21. The van der Waals surface area contributed by atoms with Crippen molar-refractivity contribution in [2.75, 3.05) is 11.9 Å². The van der Waals surface area contributed by atoms with Crippen molar-refractivity contribution in [2.24, 2.45) is 0 Å². The maximum Gasteiger partial charge on any atom is 0.222 e. The summed E-state index contributed by atoms with van der Waals surface area (Å²) in [6.45, 7) is 1.78. The second-order valence-corrected chi connectivity index (χ2v) is 4.74. The largest absolute Gasteiger partial charge is 0.354 e. The number of nitrogens with one attached hydrogen (secondary N) is 1. The van der Waals surface area contributed by atoms with Crippen LogP contribution in [0.3, 0.4) is 0 Å². The molecule has 0 saturated carbocycles. The number of hydrogen-bond acceptors (Lipinski definition) is 4. The zero-order valence-corrected chi connectivity index (χ0v) is 11.7. The van der Waals surface area contributed by atoms with Gasteiger partial charge in [-0.25, -0.2) is 15.0 Å². The van der Waals surface area contributed by atoms with Crippen LogP contribution in [-0.4, -0.2) is 26.1 Å². The summed E-state index contributed by atoms with van der Waals surface area (Å²) in [5.41, 5.74) is 2.16. The van der Waals surface area contributed by atoms with Crippen molar-refractivity contribution in [1.29, 1.82) is 0 Å². The van der Waals surface area contributed by atoms with E-state index in [1.165, 1.54) is 0 Å². The Hall–Kier alpha value is -2.69. The first-order valence-electron chi connectivity index (χ1n) is 6.99. The molecule has 0 fully saturated rings. The Labute approximate surface area is 123 Å². The third-order valence-corrected chi connectivity index (χ3v) is 3.19. The molecule has 2 aromatic heterocycles. The minimum atomic E-state index is 0.667. The number of imidazole rings is 1. The maximum absolute atomic E-state index is 4.35. The molecule has 0 unspecified atom stereocenters. The second-order valence-electron chi connectivity index (χ2n) is 4.74. The van der Waals surface area contributed by atoms with Crippen molar-refractivity contribution in [3.8, 4) is 11.1 Å². The molecule has 2 heterocycles.